The minimum absolute atomic E-state index is 0.0584. The van der Waals surface area contributed by atoms with E-state index in [1.807, 2.05) is 4.90 Å². The Hall–Kier alpha value is -3.51. The van der Waals surface area contributed by atoms with Gasteiger partial charge in [-0.15, -0.1) is 0 Å². The molecule has 1 aromatic heterocycles. The zero-order chi connectivity index (χ0) is 26.5. The number of allylic oxidation sites excluding steroid dienone is 4. The first-order valence-corrected chi connectivity index (χ1v) is 13.3. The average molecular weight is 501 g/mol. The molecule has 4 rings (SSSR count). The number of pyridine rings is 1. The van der Waals surface area contributed by atoms with Gasteiger partial charge in [-0.1, -0.05) is 74.6 Å². The van der Waals surface area contributed by atoms with Crippen LogP contribution in [-0.2, 0) is 0 Å². The number of carbonyl (C=O) groups excluding carboxylic acids is 2. The third kappa shape index (κ3) is 8.25. The van der Waals surface area contributed by atoms with Crippen LogP contribution in [0.4, 0.5) is 4.79 Å². The lowest BCUT2D eigenvalue weighted by Gasteiger charge is -2.40. The van der Waals surface area contributed by atoms with E-state index >= 15 is 0 Å². The lowest BCUT2D eigenvalue weighted by Crippen LogP contribution is -2.47. The van der Waals surface area contributed by atoms with Crippen molar-refractivity contribution in [3.63, 3.8) is 0 Å². The molecule has 1 saturated heterocycles. The first-order chi connectivity index (χ1) is 18.0. The highest BCUT2D eigenvalue weighted by Crippen LogP contribution is 2.33. The van der Waals surface area contributed by atoms with Crippen molar-refractivity contribution in [1.82, 2.24) is 20.1 Å². The van der Waals surface area contributed by atoms with Gasteiger partial charge in [0, 0.05) is 43.6 Å². The Bertz CT molecular complexity index is 1080. The van der Waals surface area contributed by atoms with Crippen LogP contribution in [0.15, 0.2) is 90.8 Å². The van der Waals surface area contributed by atoms with Crippen LogP contribution in [0.2, 0.25) is 0 Å². The summed E-state index contributed by atoms with van der Waals surface area (Å²) in [4.78, 5) is 31.1. The Morgan fingerprint density at radius 1 is 1.14 bits per heavy atom. The number of carbonyl (C=O) groups is 2. The molecule has 1 aromatic carbocycles. The van der Waals surface area contributed by atoms with E-state index in [-0.39, 0.29) is 17.9 Å². The highest BCUT2D eigenvalue weighted by atomic mass is 16.2. The van der Waals surface area contributed by atoms with Crippen LogP contribution < -0.4 is 5.32 Å². The van der Waals surface area contributed by atoms with Crippen LogP contribution in [-0.4, -0.2) is 58.8 Å². The Labute approximate surface area is 221 Å². The van der Waals surface area contributed by atoms with Gasteiger partial charge < -0.3 is 10.2 Å². The molecule has 2 aliphatic rings. The van der Waals surface area contributed by atoms with Crippen LogP contribution in [0, 0.1) is 0 Å². The van der Waals surface area contributed by atoms with Gasteiger partial charge >= 0.3 is 6.03 Å². The minimum atomic E-state index is 0.0584. The highest BCUT2D eigenvalue weighted by Gasteiger charge is 2.31. The normalized spacial score (nSPS) is 16.4. The van der Waals surface area contributed by atoms with Crippen molar-refractivity contribution in [1.29, 1.82) is 0 Å². The molecular formula is C31H40N4O2. The Kier molecular flexibility index (Phi) is 11.3. The van der Waals surface area contributed by atoms with E-state index in [2.05, 4.69) is 89.8 Å². The van der Waals surface area contributed by atoms with Crippen molar-refractivity contribution in [2.75, 3.05) is 26.2 Å². The third-order valence-corrected chi connectivity index (χ3v) is 6.65. The summed E-state index contributed by atoms with van der Waals surface area (Å²) in [5, 5.41) is 2.94. The summed E-state index contributed by atoms with van der Waals surface area (Å²) in [6, 6.07) is 14.9. The van der Waals surface area contributed by atoms with E-state index in [9.17, 15) is 9.59 Å². The number of benzene rings is 1. The molecule has 2 amide bonds. The van der Waals surface area contributed by atoms with E-state index in [1.54, 1.807) is 24.5 Å². The number of nitrogens with one attached hydrogen (secondary N) is 1. The molecule has 0 radical (unpaired) electrons. The van der Waals surface area contributed by atoms with Gasteiger partial charge in [-0.05, 0) is 56.0 Å². The first kappa shape index (κ1) is 28.1. The second kappa shape index (κ2) is 14.9. The van der Waals surface area contributed by atoms with Gasteiger partial charge in [0.2, 0.25) is 0 Å². The van der Waals surface area contributed by atoms with Gasteiger partial charge in [0.25, 0.3) is 0 Å². The average Bonchev–Trinajstić information content (AvgIpc) is 3.15. The smallest absolute Gasteiger partial charge is 0.317 e. The topological polar surface area (TPSA) is 65.5 Å². The molecule has 2 atom stereocenters. The predicted molar refractivity (Wildman–Crippen MR) is 150 cm³/mol. The molecule has 2 heterocycles. The van der Waals surface area contributed by atoms with Crippen LogP contribution in [0.3, 0.4) is 0 Å². The van der Waals surface area contributed by atoms with Gasteiger partial charge in [0.1, 0.15) is 0 Å². The maximum Gasteiger partial charge on any atom is 0.317 e. The van der Waals surface area contributed by atoms with Crippen molar-refractivity contribution >= 4 is 11.8 Å². The molecule has 1 N–H and O–H groups in total. The molecule has 37 heavy (non-hydrogen) atoms. The van der Waals surface area contributed by atoms with Crippen molar-refractivity contribution < 1.29 is 9.59 Å². The van der Waals surface area contributed by atoms with Crippen LogP contribution in [0.25, 0.3) is 0 Å². The van der Waals surface area contributed by atoms with E-state index in [1.165, 1.54) is 18.1 Å². The Balaban J connectivity index is 0.000000356. The fraction of sp³-hybridized carbons (Fsp3) is 0.387. The summed E-state index contributed by atoms with van der Waals surface area (Å²) in [5.74, 6) is 0.0584. The van der Waals surface area contributed by atoms with E-state index in [0.717, 1.165) is 45.4 Å². The fourth-order valence-corrected chi connectivity index (χ4v) is 4.77. The van der Waals surface area contributed by atoms with Crippen LogP contribution in [0.5, 0.6) is 0 Å². The number of urea groups is 1. The van der Waals surface area contributed by atoms with Crippen LogP contribution in [0.1, 0.15) is 62.0 Å². The number of Topliss-reactive ketones (excluding diaryl/α,β-unsaturated/α-hetero) is 1. The molecule has 196 valence electrons. The molecular weight excluding hydrogens is 460 g/mol. The van der Waals surface area contributed by atoms with Crippen molar-refractivity contribution in [2.24, 2.45) is 0 Å². The zero-order valence-corrected chi connectivity index (χ0v) is 22.3. The van der Waals surface area contributed by atoms with Gasteiger partial charge in [0.05, 0.1) is 6.04 Å². The zero-order valence-electron chi connectivity index (χ0n) is 22.3. The molecule has 1 fully saturated rings. The van der Waals surface area contributed by atoms with E-state index in [4.69, 9.17) is 0 Å². The number of hydrogen-bond acceptors (Lipinski definition) is 4. The van der Waals surface area contributed by atoms with Gasteiger partial charge in [-0.2, -0.15) is 0 Å². The van der Waals surface area contributed by atoms with Crippen molar-refractivity contribution in [3.05, 3.63) is 102 Å². The lowest BCUT2D eigenvalue weighted by molar-refractivity contribution is 0.101. The number of rotatable bonds is 10. The fourth-order valence-electron chi connectivity index (χ4n) is 4.77. The molecule has 1 aliphatic carbocycles. The summed E-state index contributed by atoms with van der Waals surface area (Å²) in [6.45, 7) is 9.35. The number of ketones is 1. The van der Waals surface area contributed by atoms with Gasteiger partial charge in [-0.25, -0.2) is 4.79 Å². The maximum atomic E-state index is 12.2. The molecule has 2 aromatic rings. The van der Waals surface area contributed by atoms with E-state index < -0.39 is 0 Å². The van der Waals surface area contributed by atoms with Gasteiger partial charge in [0.15, 0.2) is 5.78 Å². The summed E-state index contributed by atoms with van der Waals surface area (Å²) in [5.41, 5.74) is 3.32. The quantitative estimate of drug-likeness (QED) is 0.408. The molecule has 6 nitrogen and oxygen atoms in total. The first-order valence-electron chi connectivity index (χ1n) is 13.3. The molecule has 6 heteroatoms. The summed E-state index contributed by atoms with van der Waals surface area (Å²) in [7, 11) is 0. The molecule has 2 unspecified atom stereocenters. The number of hydrogen-bond donors (Lipinski definition) is 1. The monoisotopic (exact) mass is 500 g/mol. The van der Waals surface area contributed by atoms with Gasteiger partial charge in [-0.3, -0.25) is 14.7 Å². The van der Waals surface area contributed by atoms with Crippen LogP contribution >= 0.6 is 0 Å². The SMILES string of the molecule is CC(=O)c1cccnc1.CCCN(C(CC)CN1CCNC1=O)C(C1=CCC=CC=C1)c1ccccc1. The third-order valence-electron chi connectivity index (χ3n) is 6.65. The number of amides is 2. The lowest BCUT2D eigenvalue weighted by atomic mass is 9.93. The second-order valence-electron chi connectivity index (χ2n) is 9.32. The number of aromatic nitrogens is 1. The summed E-state index contributed by atoms with van der Waals surface area (Å²) < 4.78 is 0. The second-order valence-corrected chi connectivity index (χ2v) is 9.32. The molecule has 0 bridgehead atoms. The van der Waals surface area contributed by atoms with Crippen molar-refractivity contribution in [2.45, 2.75) is 52.1 Å². The summed E-state index contributed by atoms with van der Waals surface area (Å²) in [6.07, 6.45) is 17.3. The van der Waals surface area contributed by atoms with E-state index in [0.29, 0.717) is 11.6 Å². The molecule has 1 aliphatic heterocycles. The van der Waals surface area contributed by atoms with Crippen molar-refractivity contribution in [3.8, 4) is 0 Å². The Morgan fingerprint density at radius 2 is 1.95 bits per heavy atom. The minimum Gasteiger partial charge on any atom is -0.336 e. The standard InChI is InChI=1S/C24H33N3O.C7H7NO/c1-3-17-27(22(4-2)19-26-18-16-25-24(26)28)23(21-14-10-7-11-15-21)20-12-8-5-6-9-13-20;1-6(9)7-3-2-4-8-5-7/h5-8,10-15,22-23H,3-4,9,16-19H2,1-2H3,(H,25,28);2-5H,1H3. The summed E-state index contributed by atoms with van der Waals surface area (Å²) >= 11 is 0. The molecule has 0 spiro atoms. The molecule has 0 saturated carbocycles. The largest absolute Gasteiger partial charge is 0.336 e. The number of nitrogens with zero attached hydrogens (tertiary/aromatic N) is 3. The maximum absolute atomic E-state index is 12.2. The highest BCUT2D eigenvalue weighted by molar-refractivity contribution is 5.93. The Morgan fingerprint density at radius 3 is 2.54 bits per heavy atom. The predicted octanol–water partition coefficient (Wildman–Crippen LogP) is 5.97.